The number of ether oxygens (including phenoxy) is 2. The summed E-state index contributed by atoms with van der Waals surface area (Å²) in [5, 5.41) is 12.2. The first-order valence-electron chi connectivity index (χ1n) is 10.2. The minimum absolute atomic E-state index is 0.0872. The van der Waals surface area contributed by atoms with Crippen molar-refractivity contribution >= 4 is 34.2 Å². The molecule has 0 radical (unpaired) electrons. The zero-order valence-electron chi connectivity index (χ0n) is 18.0. The van der Waals surface area contributed by atoms with Crippen molar-refractivity contribution in [3.8, 4) is 17.2 Å². The zero-order chi connectivity index (χ0) is 22.7. The lowest BCUT2D eigenvalue weighted by molar-refractivity contribution is -0.118. The Balaban J connectivity index is 1.42. The molecule has 3 aromatic carbocycles. The summed E-state index contributed by atoms with van der Waals surface area (Å²) in [7, 11) is 1.56. The van der Waals surface area contributed by atoms with Crippen LogP contribution >= 0.6 is 11.6 Å². The highest BCUT2D eigenvalue weighted by Gasteiger charge is 2.10. The van der Waals surface area contributed by atoms with Crippen LogP contribution in [0.1, 0.15) is 25.3 Å². The van der Waals surface area contributed by atoms with Gasteiger partial charge in [0, 0.05) is 5.69 Å². The molecular formula is C24H23ClN4O3. The Labute approximate surface area is 190 Å². The lowest BCUT2D eigenvalue weighted by Crippen LogP contribution is -2.20. The molecule has 1 aromatic heterocycles. The molecule has 0 atom stereocenters. The summed E-state index contributed by atoms with van der Waals surface area (Å²) >= 11 is 6.20. The fraction of sp³-hybridized carbons (Fsp3) is 0.208. The number of benzene rings is 3. The van der Waals surface area contributed by atoms with Gasteiger partial charge in [-0.3, -0.25) is 4.79 Å². The number of fused-ring (bicyclic) bond motifs is 1. The highest BCUT2D eigenvalue weighted by molar-refractivity contribution is 6.32. The van der Waals surface area contributed by atoms with Gasteiger partial charge in [-0.1, -0.05) is 37.6 Å². The molecule has 164 valence electrons. The minimum atomic E-state index is -0.258. The Morgan fingerprint density at radius 2 is 1.78 bits per heavy atom. The molecule has 0 aliphatic heterocycles. The molecular weight excluding hydrogens is 428 g/mol. The summed E-state index contributed by atoms with van der Waals surface area (Å²) in [6.45, 7) is 4.17. The average Bonchev–Trinajstić information content (AvgIpc) is 3.21. The number of amides is 1. The molecule has 4 aromatic rings. The first-order valence-corrected chi connectivity index (χ1v) is 10.5. The van der Waals surface area contributed by atoms with Crippen molar-refractivity contribution in [2.24, 2.45) is 0 Å². The van der Waals surface area contributed by atoms with Gasteiger partial charge in [-0.05, 0) is 60.0 Å². The van der Waals surface area contributed by atoms with E-state index < -0.39 is 0 Å². The van der Waals surface area contributed by atoms with Crippen LogP contribution in [0.25, 0.3) is 16.7 Å². The van der Waals surface area contributed by atoms with E-state index in [0.29, 0.717) is 44.8 Å². The Hall–Kier alpha value is -3.58. The maximum Gasteiger partial charge on any atom is 0.262 e. The predicted octanol–water partition coefficient (Wildman–Crippen LogP) is 5.22. The fourth-order valence-electron chi connectivity index (χ4n) is 3.18. The number of halogens is 1. The third-order valence-electron chi connectivity index (χ3n) is 4.95. The van der Waals surface area contributed by atoms with Crippen LogP contribution in [-0.2, 0) is 4.79 Å². The van der Waals surface area contributed by atoms with Gasteiger partial charge >= 0.3 is 0 Å². The van der Waals surface area contributed by atoms with Crippen LogP contribution in [0, 0.1) is 0 Å². The third-order valence-corrected chi connectivity index (χ3v) is 5.24. The first-order chi connectivity index (χ1) is 15.4. The fourth-order valence-corrected chi connectivity index (χ4v) is 3.43. The van der Waals surface area contributed by atoms with Gasteiger partial charge in [0.25, 0.3) is 5.91 Å². The second kappa shape index (κ2) is 9.28. The van der Waals surface area contributed by atoms with Gasteiger partial charge in [-0.25, -0.2) is 0 Å². The molecule has 0 spiro atoms. The van der Waals surface area contributed by atoms with Crippen molar-refractivity contribution in [3.63, 3.8) is 0 Å². The maximum absolute atomic E-state index is 12.3. The van der Waals surface area contributed by atoms with Crippen molar-refractivity contribution in [2.75, 3.05) is 19.0 Å². The van der Waals surface area contributed by atoms with Crippen LogP contribution in [0.4, 0.5) is 5.69 Å². The van der Waals surface area contributed by atoms with E-state index in [9.17, 15) is 4.79 Å². The van der Waals surface area contributed by atoms with Crippen molar-refractivity contribution < 1.29 is 14.3 Å². The van der Waals surface area contributed by atoms with Crippen molar-refractivity contribution in [3.05, 3.63) is 71.2 Å². The molecule has 0 saturated carbocycles. The molecule has 0 bridgehead atoms. The SMILES string of the molecule is COc1ccc(-n2nc3ccc(NC(=O)COc4ccc(C(C)C)cc4)cc3n2)cc1Cl. The second-order valence-electron chi connectivity index (χ2n) is 7.57. The summed E-state index contributed by atoms with van der Waals surface area (Å²) < 4.78 is 10.8. The Morgan fingerprint density at radius 3 is 2.47 bits per heavy atom. The first kappa shape index (κ1) is 21.6. The van der Waals surface area contributed by atoms with E-state index >= 15 is 0 Å². The monoisotopic (exact) mass is 450 g/mol. The maximum atomic E-state index is 12.3. The van der Waals surface area contributed by atoms with Crippen LogP contribution in [0.3, 0.4) is 0 Å². The van der Waals surface area contributed by atoms with E-state index in [2.05, 4.69) is 29.4 Å². The number of nitrogens with one attached hydrogen (secondary N) is 1. The van der Waals surface area contributed by atoms with Crippen molar-refractivity contribution in [1.29, 1.82) is 0 Å². The summed E-state index contributed by atoms with van der Waals surface area (Å²) in [5.74, 6) is 1.42. The van der Waals surface area contributed by atoms with E-state index in [1.807, 2.05) is 30.3 Å². The molecule has 8 heteroatoms. The molecule has 1 N–H and O–H groups in total. The Morgan fingerprint density at radius 1 is 1.03 bits per heavy atom. The lowest BCUT2D eigenvalue weighted by atomic mass is 10.0. The molecule has 0 saturated heterocycles. The number of nitrogens with zero attached hydrogens (tertiary/aromatic N) is 3. The molecule has 32 heavy (non-hydrogen) atoms. The molecule has 7 nitrogen and oxygen atoms in total. The molecule has 1 amide bonds. The number of anilines is 1. The summed E-state index contributed by atoms with van der Waals surface area (Å²) in [4.78, 5) is 13.8. The van der Waals surface area contributed by atoms with Crippen LogP contribution in [0.2, 0.25) is 5.02 Å². The number of hydrogen-bond acceptors (Lipinski definition) is 5. The van der Waals surface area contributed by atoms with Crippen molar-refractivity contribution in [1.82, 2.24) is 15.0 Å². The number of hydrogen-bond donors (Lipinski definition) is 1. The smallest absolute Gasteiger partial charge is 0.262 e. The van der Waals surface area contributed by atoms with Gasteiger partial charge < -0.3 is 14.8 Å². The quantitative estimate of drug-likeness (QED) is 0.417. The Bertz CT molecular complexity index is 1250. The minimum Gasteiger partial charge on any atom is -0.495 e. The number of carbonyl (C=O) groups excluding carboxylic acids is 1. The van der Waals surface area contributed by atoms with E-state index in [1.54, 1.807) is 37.4 Å². The highest BCUT2D eigenvalue weighted by atomic mass is 35.5. The summed E-state index contributed by atoms with van der Waals surface area (Å²) in [6, 6.07) is 18.4. The summed E-state index contributed by atoms with van der Waals surface area (Å²) in [5.41, 5.74) is 3.87. The van der Waals surface area contributed by atoms with Gasteiger partial charge in [0.05, 0.1) is 17.8 Å². The van der Waals surface area contributed by atoms with Gasteiger partial charge in [0.2, 0.25) is 0 Å². The van der Waals surface area contributed by atoms with Crippen LogP contribution in [0.5, 0.6) is 11.5 Å². The van der Waals surface area contributed by atoms with Crippen LogP contribution < -0.4 is 14.8 Å². The topological polar surface area (TPSA) is 78.3 Å². The lowest BCUT2D eigenvalue weighted by Gasteiger charge is -2.09. The highest BCUT2D eigenvalue weighted by Crippen LogP contribution is 2.27. The largest absolute Gasteiger partial charge is 0.495 e. The van der Waals surface area contributed by atoms with E-state index in [0.717, 1.165) is 0 Å². The predicted molar refractivity (Wildman–Crippen MR) is 125 cm³/mol. The molecule has 0 aliphatic rings. The van der Waals surface area contributed by atoms with Gasteiger partial charge in [0.15, 0.2) is 6.61 Å². The van der Waals surface area contributed by atoms with Crippen LogP contribution in [0.15, 0.2) is 60.7 Å². The number of aromatic nitrogens is 3. The molecule has 0 unspecified atom stereocenters. The number of rotatable bonds is 7. The third kappa shape index (κ3) is 4.84. The number of methoxy groups -OCH3 is 1. The molecule has 0 aliphatic carbocycles. The van der Waals surface area contributed by atoms with E-state index in [1.165, 1.54) is 10.4 Å². The number of carbonyl (C=O) groups is 1. The Kier molecular flexibility index (Phi) is 6.28. The van der Waals surface area contributed by atoms with Crippen molar-refractivity contribution in [2.45, 2.75) is 19.8 Å². The van der Waals surface area contributed by atoms with Crippen LogP contribution in [-0.4, -0.2) is 34.6 Å². The normalized spacial score (nSPS) is 11.0. The standard InChI is InChI=1S/C24H23ClN4O3/c1-15(2)16-4-8-19(9-5-16)32-14-24(30)26-17-6-10-21-22(12-17)28-29(27-21)18-7-11-23(31-3)20(25)13-18/h4-13,15H,14H2,1-3H3,(H,26,30). The molecule has 4 rings (SSSR count). The average molecular weight is 451 g/mol. The summed E-state index contributed by atoms with van der Waals surface area (Å²) in [6.07, 6.45) is 0. The van der Waals surface area contributed by atoms with Gasteiger partial charge in [0.1, 0.15) is 22.5 Å². The van der Waals surface area contributed by atoms with E-state index in [4.69, 9.17) is 21.1 Å². The second-order valence-corrected chi connectivity index (χ2v) is 7.98. The van der Waals surface area contributed by atoms with Gasteiger partial charge in [-0.2, -0.15) is 4.80 Å². The zero-order valence-corrected chi connectivity index (χ0v) is 18.8. The molecule has 0 fully saturated rings. The van der Waals surface area contributed by atoms with Gasteiger partial charge in [-0.15, -0.1) is 10.2 Å². The molecule has 1 heterocycles. The van der Waals surface area contributed by atoms with E-state index in [-0.39, 0.29) is 12.5 Å².